The molecule has 1 amide bonds. The molecule has 0 radical (unpaired) electrons. The molecular weight excluding hydrogens is 265 g/mol. The monoisotopic (exact) mass is 275 g/mol. The molecule has 0 unspecified atom stereocenters. The number of halogens is 1. The molecule has 0 fully saturated rings. The molecule has 0 saturated carbocycles. The number of nitro groups is 1. The Labute approximate surface area is 106 Å². The first-order chi connectivity index (χ1) is 8.54. The lowest BCUT2D eigenvalue weighted by Gasteiger charge is -2.05. The quantitative estimate of drug-likeness (QED) is 0.485. The summed E-state index contributed by atoms with van der Waals surface area (Å²) >= 11 is 0.620. The number of rotatable bonds is 5. The van der Waals surface area contributed by atoms with Crippen LogP contribution in [0.25, 0.3) is 0 Å². The Bertz CT molecular complexity index is 457. The molecule has 1 aromatic rings. The van der Waals surface area contributed by atoms with Gasteiger partial charge < -0.3 is 10.2 Å². The molecule has 0 aliphatic carbocycles. The number of nitro benzene ring substituents is 1. The molecule has 0 aliphatic rings. The van der Waals surface area contributed by atoms with Gasteiger partial charge in [-0.1, -0.05) is 4.89 Å². The summed E-state index contributed by atoms with van der Waals surface area (Å²) in [4.78, 5) is 27.3. The van der Waals surface area contributed by atoms with Crippen LogP contribution in [0.15, 0.2) is 23.1 Å². The number of non-ortho nitro benzene ring substituents is 1. The van der Waals surface area contributed by atoms with Crippen molar-refractivity contribution in [1.29, 1.82) is 0 Å². The highest BCUT2D eigenvalue weighted by atomic mass is 32.2. The lowest BCUT2D eigenvalue weighted by atomic mass is 10.3. The summed E-state index contributed by atoms with van der Waals surface area (Å²) in [6, 6.07) is 3.05. The first kappa shape index (κ1) is 14.2. The maximum Gasteiger partial charge on any atom is 0.426 e. The molecular formula is C9H10FN3O4S. The molecule has 0 atom stereocenters. The minimum Gasteiger partial charge on any atom is -0.343 e. The maximum atomic E-state index is 13.3. The molecule has 0 heterocycles. The van der Waals surface area contributed by atoms with Gasteiger partial charge in [-0.15, -0.1) is 0 Å². The van der Waals surface area contributed by atoms with E-state index in [9.17, 15) is 19.3 Å². The lowest BCUT2D eigenvalue weighted by molar-refractivity contribution is -0.385. The lowest BCUT2D eigenvalue weighted by Crippen LogP contribution is -2.27. The zero-order valence-electron chi connectivity index (χ0n) is 9.31. The van der Waals surface area contributed by atoms with Gasteiger partial charge in [-0.25, -0.2) is 9.18 Å². The number of benzene rings is 1. The largest absolute Gasteiger partial charge is 0.426 e. The summed E-state index contributed by atoms with van der Waals surface area (Å²) in [7, 11) is 0. The fraction of sp³-hybridized carbons (Fsp3) is 0.222. The van der Waals surface area contributed by atoms with Crippen LogP contribution < -0.4 is 10.2 Å². The highest BCUT2D eigenvalue weighted by molar-refractivity contribution is 7.97. The zero-order valence-corrected chi connectivity index (χ0v) is 10.1. The van der Waals surface area contributed by atoms with E-state index in [0.29, 0.717) is 18.5 Å². The molecule has 0 aliphatic heterocycles. The first-order valence-electron chi connectivity index (χ1n) is 4.85. The van der Waals surface area contributed by atoms with Gasteiger partial charge in [0.1, 0.15) is 5.82 Å². The van der Waals surface area contributed by atoms with Crippen LogP contribution in [0.2, 0.25) is 0 Å². The number of hydrogen-bond donors (Lipinski definition) is 2. The topological polar surface area (TPSA) is 93.5 Å². The van der Waals surface area contributed by atoms with E-state index in [1.54, 1.807) is 6.92 Å². The number of amides is 1. The second kappa shape index (κ2) is 6.77. The Balaban J connectivity index is 2.58. The van der Waals surface area contributed by atoms with E-state index in [0.717, 1.165) is 18.2 Å². The van der Waals surface area contributed by atoms with Crippen molar-refractivity contribution in [3.05, 3.63) is 34.1 Å². The van der Waals surface area contributed by atoms with Crippen LogP contribution >= 0.6 is 11.9 Å². The van der Waals surface area contributed by atoms with E-state index < -0.39 is 16.8 Å². The molecule has 0 saturated heterocycles. The summed E-state index contributed by atoms with van der Waals surface area (Å²) in [6.45, 7) is 2.09. The van der Waals surface area contributed by atoms with Crippen molar-refractivity contribution < 1.29 is 18.9 Å². The van der Waals surface area contributed by atoms with Crippen LogP contribution in [0.5, 0.6) is 0 Å². The Morgan fingerprint density at radius 3 is 2.94 bits per heavy atom. The summed E-state index contributed by atoms with van der Waals surface area (Å²) in [5.74, 6) is -0.655. The predicted octanol–water partition coefficient (Wildman–Crippen LogP) is 1.99. The van der Waals surface area contributed by atoms with E-state index in [2.05, 4.69) is 15.0 Å². The second-order valence-corrected chi connectivity index (χ2v) is 3.79. The van der Waals surface area contributed by atoms with Crippen molar-refractivity contribution in [2.75, 3.05) is 6.54 Å². The van der Waals surface area contributed by atoms with E-state index in [-0.39, 0.29) is 10.6 Å². The van der Waals surface area contributed by atoms with Gasteiger partial charge in [0.25, 0.3) is 5.69 Å². The molecule has 18 heavy (non-hydrogen) atoms. The number of hydrogen-bond acceptors (Lipinski definition) is 6. The molecule has 1 rings (SSSR count). The van der Waals surface area contributed by atoms with Gasteiger partial charge >= 0.3 is 6.09 Å². The van der Waals surface area contributed by atoms with Crippen LogP contribution in [0.3, 0.4) is 0 Å². The van der Waals surface area contributed by atoms with Crippen LogP contribution in [-0.2, 0) is 4.84 Å². The Morgan fingerprint density at radius 1 is 1.61 bits per heavy atom. The Hall–Kier alpha value is -1.87. The van der Waals surface area contributed by atoms with Gasteiger partial charge in [-0.3, -0.25) is 10.1 Å². The van der Waals surface area contributed by atoms with E-state index in [4.69, 9.17) is 0 Å². The SMILES string of the molecule is CCNC(=O)ONSc1cc([N+](=O)[O-])ccc1F. The number of carbonyl (C=O) groups excluding carboxylic acids is 1. The highest BCUT2D eigenvalue weighted by Crippen LogP contribution is 2.24. The minimum absolute atomic E-state index is 0.0477. The van der Waals surface area contributed by atoms with Crippen LogP contribution in [0.4, 0.5) is 14.9 Å². The van der Waals surface area contributed by atoms with Crippen molar-refractivity contribution >= 4 is 23.7 Å². The number of nitrogens with zero attached hydrogens (tertiary/aromatic N) is 1. The zero-order chi connectivity index (χ0) is 13.5. The van der Waals surface area contributed by atoms with Crippen molar-refractivity contribution in [1.82, 2.24) is 10.2 Å². The normalized spacial score (nSPS) is 9.89. The summed E-state index contributed by atoms with van der Waals surface area (Å²) < 4.78 is 13.3. The van der Waals surface area contributed by atoms with Crippen molar-refractivity contribution in [2.45, 2.75) is 11.8 Å². The fourth-order valence-corrected chi connectivity index (χ4v) is 1.52. The van der Waals surface area contributed by atoms with Gasteiger partial charge in [0, 0.05) is 18.7 Å². The third-order valence-electron chi connectivity index (χ3n) is 1.73. The van der Waals surface area contributed by atoms with Crippen LogP contribution in [0.1, 0.15) is 6.92 Å². The van der Waals surface area contributed by atoms with E-state index in [1.165, 1.54) is 0 Å². The molecule has 0 bridgehead atoms. The predicted molar refractivity (Wildman–Crippen MR) is 62.2 cm³/mol. The van der Waals surface area contributed by atoms with Gasteiger partial charge in [0.15, 0.2) is 0 Å². The molecule has 0 aromatic heterocycles. The van der Waals surface area contributed by atoms with Crippen molar-refractivity contribution in [3.63, 3.8) is 0 Å². The third kappa shape index (κ3) is 4.18. The fourth-order valence-electron chi connectivity index (χ4n) is 0.968. The van der Waals surface area contributed by atoms with Gasteiger partial charge in [-0.05, 0) is 24.9 Å². The first-order valence-corrected chi connectivity index (χ1v) is 5.66. The molecule has 1 aromatic carbocycles. The Morgan fingerprint density at radius 2 is 2.33 bits per heavy atom. The van der Waals surface area contributed by atoms with Gasteiger partial charge in [-0.2, -0.15) is 0 Å². The van der Waals surface area contributed by atoms with E-state index >= 15 is 0 Å². The average molecular weight is 275 g/mol. The second-order valence-electron chi connectivity index (χ2n) is 2.98. The van der Waals surface area contributed by atoms with Crippen LogP contribution in [-0.4, -0.2) is 17.6 Å². The number of carbonyl (C=O) groups is 1. The summed E-state index contributed by atoms with van der Waals surface area (Å²) in [5.41, 5.74) is -0.251. The minimum atomic E-state index is -0.726. The average Bonchev–Trinajstić information content (AvgIpc) is 2.31. The Kier molecular flexibility index (Phi) is 5.33. The molecule has 7 nitrogen and oxygen atoms in total. The van der Waals surface area contributed by atoms with Gasteiger partial charge in [0.05, 0.1) is 9.82 Å². The van der Waals surface area contributed by atoms with Crippen LogP contribution in [0, 0.1) is 15.9 Å². The van der Waals surface area contributed by atoms with E-state index in [1.807, 2.05) is 0 Å². The maximum absolute atomic E-state index is 13.3. The molecule has 2 N–H and O–H groups in total. The van der Waals surface area contributed by atoms with Gasteiger partial charge in [0.2, 0.25) is 0 Å². The number of nitrogens with one attached hydrogen (secondary N) is 2. The smallest absolute Gasteiger partial charge is 0.343 e. The van der Waals surface area contributed by atoms with Crippen molar-refractivity contribution in [3.8, 4) is 0 Å². The van der Waals surface area contributed by atoms with Crippen molar-refractivity contribution in [2.24, 2.45) is 0 Å². The molecule has 98 valence electrons. The molecule has 0 spiro atoms. The summed E-state index contributed by atoms with van der Waals surface area (Å²) in [6.07, 6.45) is -0.726. The summed E-state index contributed by atoms with van der Waals surface area (Å²) in [5, 5.41) is 12.8. The standard InChI is InChI=1S/C9H10FN3O4S/c1-2-11-9(14)17-12-18-8-5-6(13(15)16)3-4-7(8)10/h3-5,12H,2H2,1H3,(H,11,14). The highest BCUT2D eigenvalue weighted by Gasteiger charge is 2.12. The molecule has 9 heteroatoms. The third-order valence-corrected chi connectivity index (χ3v) is 2.43.